The molecule has 0 N–H and O–H groups in total. The van der Waals surface area contributed by atoms with Gasteiger partial charge in [0.25, 0.3) is 0 Å². The highest BCUT2D eigenvalue weighted by atomic mass is 28.3. The number of hydrazone groups is 2. The SMILES string of the molecule is CC(=N\N(Cc1ccccc1)[Si](C)(C)C)/C(C)=N/N(Cc1ccccc1)[Si](C)(C)C. The average molecular weight is 439 g/mol. The van der Waals surface area contributed by atoms with Gasteiger partial charge in [-0.15, -0.1) is 0 Å². The van der Waals surface area contributed by atoms with Crippen LogP contribution in [0, 0.1) is 0 Å². The Morgan fingerprint density at radius 1 is 0.600 bits per heavy atom. The Morgan fingerprint density at radius 3 is 1.17 bits per heavy atom. The molecule has 0 fully saturated rings. The lowest BCUT2D eigenvalue weighted by molar-refractivity contribution is 0.439. The third-order valence-corrected chi connectivity index (χ3v) is 8.58. The summed E-state index contributed by atoms with van der Waals surface area (Å²) in [5.74, 6) is 0. The van der Waals surface area contributed by atoms with Gasteiger partial charge in [0.2, 0.25) is 0 Å². The fraction of sp³-hybridized carbons (Fsp3) is 0.417. The molecule has 4 nitrogen and oxygen atoms in total. The molecule has 0 heterocycles. The maximum atomic E-state index is 5.05. The first kappa shape index (κ1) is 24.1. The molecule has 2 aromatic carbocycles. The zero-order chi connectivity index (χ0) is 22.4. The minimum atomic E-state index is -1.63. The predicted octanol–water partition coefficient (Wildman–Crippen LogP) is 6.41. The quantitative estimate of drug-likeness (QED) is 0.257. The summed E-state index contributed by atoms with van der Waals surface area (Å²) < 4.78 is 4.60. The van der Waals surface area contributed by atoms with Crippen LogP contribution in [0.5, 0.6) is 0 Å². The van der Waals surface area contributed by atoms with Crippen LogP contribution in [0.2, 0.25) is 39.3 Å². The van der Waals surface area contributed by atoms with Crippen LogP contribution in [0.4, 0.5) is 0 Å². The Balaban J connectivity index is 2.28. The van der Waals surface area contributed by atoms with Crippen LogP contribution in [0.3, 0.4) is 0 Å². The first-order chi connectivity index (χ1) is 14.0. The topological polar surface area (TPSA) is 31.2 Å². The van der Waals surface area contributed by atoms with Gasteiger partial charge in [-0.3, -0.25) is 0 Å². The Kier molecular flexibility index (Phi) is 8.20. The van der Waals surface area contributed by atoms with Crippen molar-refractivity contribution in [3.8, 4) is 0 Å². The molecular weight excluding hydrogens is 400 g/mol. The monoisotopic (exact) mass is 438 g/mol. The number of nitrogens with zero attached hydrogens (tertiary/aromatic N) is 4. The fourth-order valence-corrected chi connectivity index (χ4v) is 5.08. The van der Waals surface area contributed by atoms with Crippen molar-refractivity contribution in [1.29, 1.82) is 0 Å². The van der Waals surface area contributed by atoms with Gasteiger partial charge in [-0.05, 0) is 25.0 Å². The van der Waals surface area contributed by atoms with Crippen LogP contribution in [0.15, 0.2) is 70.9 Å². The van der Waals surface area contributed by atoms with Crippen molar-refractivity contribution in [2.45, 2.75) is 66.2 Å². The van der Waals surface area contributed by atoms with Gasteiger partial charge in [0, 0.05) is 0 Å². The van der Waals surface area contributed by atoms with Crippen molar-refractivity contribution < 1.29 is 0 Å². The lowest BCUT2D eigenvalue weighted by Gasteiger charge is -2.33. The Labute approximate surface area is 185 Å². The third kappa shape index (κ3) is 7.57. The van der Waals surface area contributed by atoms with Crippen LogP contribution >= 0.6 is 0 Å². The summed E-state index contributed by atoms with van der Waals surface area (Å²) in [6.07, 6.45) is 0. The number of rotatable bonds is 9. The standard InChI is InChI=1S/C24H38N4Si2/c1-21(25-27(29(3,4)5)19-23-15-11-9-12-16-23)22(2)26-28(30(6,7)8)20-24-17-13-10-14-18-24/h9-18H,19-20H2,1-8H3/b25-21+,26-22+. The van der Waals surface area contributed by atoms with Crippen LogP contribution in [0.25, 0.3) is 0 Å². The maximum Gasteiger partial charge on any atom is 0.169 e. The van der Waals surface area contributed by atoms with E-state index in [1.165, 1.54) is 11.1 Å². The van der Waals surface area contributed by atoms with Gasteiger partial charge < -0.3 is 9.35 Å². The molecule has 0 aliphatic heterocycles. The summed E-state index contributed by atoms with van der Waals surface area (Å²) in [5.41, 5.74) is 4.56. The van der Waals surface area contributed by atoms with Gasteiger partial charge in [0.15, 0.2) is 16.5 Å². The minimum Gasteiger partial charge on any atom is -0.320 e. The molecule has 0 radical (unpaired) electrons. The molecule has 0 aromatic heterocycles. The summed E-state index contributed by atoms with van der Waals surface area (Å²) in [7, 11) is -3.26. The van der Waals surface area contributed by atoms with E-state index in [0.717, 1.165) is 24.5 Å². The first-order valence-corrected chi connectivity index (χ1v) is 17.6. The highest BCUT2D eigenvalue weighted by molar-refractivity contribution is 6.73. The van der Waals surface area contributed by atoms with Crippen LogP contribution in [0.1, 0.15) is 25.0 Å². The van der Waals surface area contributed by atoms with Crippen molar-refractivity contribution in [3.05, 3.63) is 71.8 Å². The van der Waals surface area contributed by atoms with Gasteiger partial charge in [-0.2, -0.15) is 10.2 Å². The third-order valence-electron chi connectivity index (χ3n) is 4.96. The van der Waals surface area contributed by atoms with Crippen LogP contribution < -0.4 is 0 Å². The van der Waals surface area contributed by atoms with Crippen molar-refractivity contribution in [3.63, 3.8) is 0 Å². The second-order valence-electron chi connectivity index (χ2n) is 9.80. The van der Waals surface area contributed by atoms with Crippen molar-refractivity contribution >= 4 is 27.9 Å². The van der Waals surface area contributed by atoms with E-state index >= 15 is 0 Å². The molecule has 0 spiro atoms. The van der Waals surface area contributed by atoms with E-state index in [1.54, 1.807) is 0 Å². The zero-order valence-corrected chi connectivity index (χ0v) is 22.0. The molecule has 0 atom stereocenters. The van der Waals surface area contributed by atoms with E-state index in [1.807, 2.05) is 0 Å². The van der Waals surface area contributed by atoms with E-state index < -0.39 is 16.5 Å². The maximum absolute atomic E-state index is 5.05. The Hall–Kier alpha value is -2.19. The van der Waals surface area contributed by atoms with Crippen LogP contribution in [-0.4, -0.2) is 37.2 Å². The summed E-state index contributed by atoms with van der Waals surface area (Å²) in [6.45, 7) is 19.9. The number of benzene rings is 2. The highest BCUT2D eigenvalue weighted by Crippen LogP contribution is 2.17. The van der Waals surface area contributed by atoms with Gasteiger partial charge in [-0.25, -0.2) is 0 Å². The summed E-state index contributed by atoms with van der Waals surface area (Å²) in [5, 5.41) is 10.1. The molecular formula is C24H38N4Si2. The molecule has 0 unspecified atom stereocenters. The Morgan fingerprint density at radius 2 is 0.900 bits per heavy atom. The predicted molar refractivity (Wildman–Crippen MR) is 137 cm³/mol. The number of hydrogen-bond donors (Lipinski definition) is 0. The second-order valence-corrected chi connectivity index (χ2v) is 19.5. The second kappa shape index (κ2) is 10.2. The highest BCUT2D eigenvalue weighted by Gasteiger charge is 2.25. The molecule has 0 saturated heterocycles. The largest absolute Gasteiger partial charge is 0.320 e. The van der Waals surface area contributed by atoms with Crippen molar-refractivity contribution in [2.24, 2.45) is 10.2 Å². The summed E-state index contributed by atoms with van der Waals surface area (Å²) >= 11 is 0. The molecule has 0 amide bonds. The Bertz CT molecular complexity index is 777. The smallest absolute Gasteiger partial charge is 0.169 e. The zero-order valence-electron chi connectivity index (χ0n) is 20.0. The molecule has 6 heteroatoms. The van der Waals surface area contributed by atoms with E-state index in [0.29, 0.717) is 0 Å². The molecule has 0 bridgehead atoms. The van der Waals surface area contributed by atoms with Gasteiger partial charge in [0.05, 0.1) is 24.5 Å². The molecule has 2 aromatic rings. The van der Waals surface area contributed by atoms with Crippen LogP contribution in [-0.2, 0) is 13.1 Å². The van der Waals surface area contributed by atoms with Gasteiger partial charge >= 0.3 is 0 Å². The molecule has 30 heavy (non-hydrogen) atoms. The van der Waals surface area contributed by atoms with E-state index in [-0.39, 0.29) is 0 Å². The summed E-state index contributed by atoms with van der Waals surface area (Å²) in [4.78, 5) is 0. The fourth-order valence-electron chi connectivity index (χ4n) is 2.86. The number of hydrogen-bond acceptors (Lipinski definition) is 4. The molecule has 0 aliphatic carbocycles. The van der Waals surface area contributed by atoms with Gasteiger partial charge in [-0.1, -0.05) is 99.9 Å². The van der Waals surface area contributed by atoms with E-state index in [2.05, 4.69) is 123 Å². The van der Waals surface area contributed by atoms with E-state index in [9.17, 15) is 0 Å². The average Bonchev–Trinajstić information content (AvgIpc) is 2.67. The molecule has 0 saturated carbocycles. The molecule has 162 valence electrons. The lowest BCUT2D eigenvalue weighted by atomic mass is 10.2. The first-order valence-electron chi connectivity index (χ1n) is 10.7. The van der Waals surface area contributed by atoms with Gasteiger partial charge in [0.1, 0.15) is 0 Å². The minimum absolute atomic E-state index is 0.836. The molecule has 0 aliphatic rings. The van der Waals surface area contributed by atoms with Crippen molar-refractivity contribution in [2.75, 3.05) is 0 Å². The van der Waals surface area contributed by atoms with Crippen molar-refractivity contribution in [1.82, 2.24) is 9.35 Å². The normalized spacial score (nSPS) is 13.3. The molecule has 2 rings (SSSR count). The van der Waals surface area contributed by atoms with E-state index in [4.69, 9.17) is 10.2 Å². The lowest BCUT2D eigenvalue weighted by Crippen LogP contribution is -2.44. The summed E-state index contributed by atoms with van der Waals surface area (Å²) in [6, 6.07) is 21.2.